The van der Waals surface area contributed by atoms with Gasteiger partial charge in [0, 0.05) is 23.2 Å². The van der Waals surface area contributed by atoms with Crippen molar-refractivity contribution in [3.8, 4) is 0 Å². The Morgan fingerprint density at radius 1 is 1.33 bits per heavy atom. The highest BCUT2D eigenvalue weighted by molar-refractivity contribution is 6.31. The van der Waals surface area contributed by atoms with Crippen molar-refractivity contribution in [1.29, 1.82) is 0 Å². The van der Waals surface area contributed by atoms with E-state index < -0.39 is 6.10 Å². The third-order valence-corrected chi connectivity index (χ3v) is 2.33. The lowest BCUT2D eigenvalue weighted by Gasteiger charge is -2.15. The molecule has 4 heteroatoms. The number of aliphatic hydroxyl groups excluding tert-OH is 1. The van der Waals surface area contributed by atoms with Gasteiger partial charge < -0.3 is 10.4 Å². The number of benzene rings is 1. The summed E-state index contributed by atoms with van der Waals surface area (Å²) in [5.74, 6) is 0. The lowest BCUT2D eigenvalue weighted by atomic mass is 10.1. The summed E-state index contributed by atoms with van der Waals surface area (Å²) in [4.78, 5) is 0. The molecule has 0 spiro atoms. The van der Waals surface area contributed by atoms with Gasteiger partial charge in [0.2, 0.25) is 0 Å². The van der Waals surface area contributed by atoms with E-state index in [2.05, 4.69) is 5.32 Å². The normalized spacial score (nSPS) is 12.3. The Hall–Kier alpha value is -0.280. The summed E-state index contributed by atoms with van der Waals surface area (Å²) in [6.07, 6.45) is -0.536. The highest BCUT2D eigenvalue weighted by Gasteiger charge is 2.10. The number of nitrogens with one attached hydrogen (secondary N) is 1. The molecule has 1 rings (SSSR count). The zero-order chi connectivity index (χ0) is 10.6. The minimum Gasteiger partial charge on any atom is -0.387 e. The average molecular weight is 250 g/mol. The minimum atomic E-state index is -0.536. The summed E-state index contributed by atoms with van der Waals surface area (Å²) in [6, 6.07) is 7.73. The van der Waals surface area contributed by atoms with Crippen molar-refractivity contribution < 1.29 is 5.11 Å². The summed E-state index contributed by atoms with van der Waals surface area (Å²) < 4.78 is 0. The van der Waals surface area contributed by atoms with Crippen molar-refractivity contribution in [2.45, 2.75) is 26.0 Å². The van der Waals surface area contributed by atoms with Crippen LogP contribution in [-0.2, 0) is 0 Å². The predicted octanol–water partition coefficient (Wildman–Crippen LogP) is 2.79. The van der Waals surface area contributed by atoms with Gasteiger partial charge in [-0.15, -0.1) is 12.4 Å². The molecule has 0 aliphatic rings. The highest BCUT2D eigenvalue weighted by Crippen LogP contribution is 2.21. The summed E-state index contributed by atoms with van der Waals surface area (Å²) in [5.41, 5.74) is 0.780. The standard InChI is InChI=1S/C11H16ClNO.ClH/c1-8(2)13-7-11(14)9-5-3-4-6-10(9)12;/h3-6,8,11,13-14H,7H2,1-2H3;1H. The molecule has 2 N–H and O–H groups in total. The van der Waals surface area contributed by atoms with E-state index in [-0.39, 0.29) is 12.4 Å². The van der Waals surface area contributed by atoms with E-state index in [0.717, 1.165) is 5.56 Å². The van der Waals surface area contributed by atoms with Crippen molar-refractivity contribution in [2.75, 3.05) is 6.54 Å². The molecule has 0 saturated carbocycles. The van der Waals surface area contributed by atoms with Crippen molar-refractivity contribution in [3.63, 3.8) is 0 Å². The lowest BCUT2D eigenvalue weighted by molar-refractivity contribution is 0.171. The molecule has 1 aromatic rings. The lowest BCUT2D eigenvalue weighted by Crippen LogP contribution is -2.27. The first kappa shape index (κ1) is 14.7. The van der Waals surface area contributed by atoms with Crippen LogP contribution < -0.4 is 5.32 Å². The van der Waals surface area contributed by atoms with Gasteiger partial charge >= 0.3 is 0 Å². The molecule has 0 bridgehead atoms. The SMILES string of the molecule is CC(C)NCC(O)c1ccccc1Cl.Cl. The Kier molecular flexibility index (Phi) is 6.94. The quantitative estimate of drug-likeness (QED) is 0.861. The fourth-order valence-corrected chi connectivity index (χ4v) is 1.46. The molecule has 86 valence electrons. The highest BCUT2D eigenvalue weighted by atomic mass is 35.5. The molecule has 1 unspecified atom stereocenters. The van der Waals surface area contributed by atoms with Crippen LogP contribution in [0.5, 0.6) is 0 Å². The van der Waals surface area contributed by atoms with Crippen LogP contribution in [0.15, 0.2) is 24.3 Å². The van der Waals surface area contributed by atoms with Gasteiger partial charge in [-0.25, -0.2) is 0 Å². The molecule has 0 aliphatic heterocycles. The molecule has 0 amide bonds. The second kappa shape index (κ2) is 7.07. The molecule has 2 nitrogen and oxygen atoms in total. The van der Waals surface area contributed by atoms with Crippen molar-refractivity contribution in [1.82, 2.24) is 5.32 Å². The molecule has 0 radical (unpaired) electrons. The van der Waals surface area contributed by atoms with E-state index in [1.165, 1.54) is 0 Å². The third kappa shape index (κ3) is 4.85. The molecule has 1 aromatic carbocycles. The van der Waals surface area contributed by atoms with Gasteiger partial charge in [-0.3, -0.25) is 0 Å². The van der Waals surface area contributed by atoms with Crippen LogP contribution >= 0.6 is 24.0 Å². The smallest absolute Gasteiger partial charge is 0.0928 e. The number of rotatable bonds is 4. The molecule has 0 heterocycles. The Morgan fingerprint density at radius 3 is 2.47 bits per heavy atom. The van der Waals surface area contributed by atoms with Gasteiger partial charge in [-0.2, -0.15) is 0 Å². The molecule has 0 saturated heterocycles. The fourth-order valence-electron chi connectivity index (χ4n) is 1.20. The monoisotopic (exact) mass is 249 g/mol. The average Bonchev–Trinajstić information content (AvgIpc) is 2.15. The van der Waals surface area contributed by atoms with Gasteiger partial charge in [0.15, 0.2) is 0 Å². The second-order valence-electron chi connectivity index (χ2n) is 3.60. The zero-order valence-electron chi connectivity index (χ0n) is 8.90. The van der Waals surface area contributed by atoms with Crippen LogP contribution in [0.25, 0.3) is 0 Å². The van der Waals surface area contributed by atoms with Gasteiger partial charge in [0.05, 0.1) is 6.10 Å². The van der Waals surface area contributed by atoms with Gasteiger partial charge in [0.25, 0.3) is 0 Å². The van der Waals surface area contributed by atoms with E-state index in [0.29, 0.717) is 17.6 Å². The van der Waals surface area contributed by atoms with Crippen LogP contribution in [-0.4, -0.2) is 17.7 Å². The fraction of sp³-hybridized carbons (Fsp3) is 0.455. The summed E-state index contributed by atoms with van der Waals surface area (Å²) in [7, 11) is 0. The summed E-state index contributed by atoms with van der Waals surface area (Å²) >= 11 is 5.95. The Balaban J connectivity index is 0.00000196. The van der Waals surface area contributed by atoms with Crippen molar-refractivity contribution in [2.24, 2.45) is 0 Å². The second-order valence-corrected chi connectivity index (χ2v) is 4.01. The first-order valence-corrected chi connectivity index (χ1v) is 5.15. The van der Waals surface area contributed by atoms with Gasteiger partial charge in [0.1, 0.15) is 0 Å². The maximum absolute atomic E-state index is 9.80. The van der Waals surface area contributed by atoms with Crippen LogP contribution in [0, 0.1) is 0 Å². The third-order valence-electron chi connectivity index (χ3n) is 1.98. The van der Waals surface area contributed by atoms with Crippen LogP contribution in [0.4, 0.5) is 0 Å². The predicted molar refractivity (Wildman–Crippen MR) is 66.8 cm³/mol. The summed E-state index contributed by atoms with van der Waals surface area (Å²) in [5, 5.41) is 13.6. The zero-order valence-corrected chi connectivity index (χ0v) is 10.5. The molecule has 1 atom stereocenters. The van der Waals surface area contributed by atoms with Gasteiger partial charge in [-0.05, 0) is 6.07 Å². The van der Waals surface area contributed by atoms with E-state index in [1.54, 1.807) is 6.07 Å². The molecule has 0 aliphatic carbocycles. The first-order valence-electron chi connectivity index (χ1n) is 4.77. The van der Waals surface area contributed by atoms with E-state index >= 15 is 0 Å². The number of hydrogen-bond donors (Lipinski definition) is 2. The van der Waals surface area contributed by atoms with Crippen LogP contribution in [0.2, 0.25) is 5.02 Å². The molecule has 15 heavy (non-hydrogen) atoms. The Labute approximate surface area is 102 Å². The van der Waals surface area contributed by atoms with Crippen molar-refractivity contribution >= 4 is 24.0 Å². The molecular weight excluding hydrogens is 233 g/mol. The van der Waals surface area contributed by atoms with E-state index in [9.17, 15) is 5.11 Å². The van der Waals surface area contributed by atoms with Crippen LogP contribution in [0.3, 0.4) is 0 Å². The molecule has 0 fully saturated rings. The number of aliphatic hydroxyl groups is 1. The minimum absolute atomic E-state index is 0. The van der Waals surface area contributed by atoms with Crippen molar-refractivity contribution in [3.05, 3.63) is 34.9 Å². The maximum atomic E-state index is 9.80. The maximum Gasteiger partial charge on any atom is 0.0928 e. The molecular formula is C11H17Cl2NO. The molecule has 0 aromatic heterocycles. The number of halogens is 2. The topological polar surface area (TPSA) is 32.3 Å². The first-order chi connectivity index (χ1) is 6.61. The largest absolute Gasteiger partial charge is 0.387 e. The van der Waals surface area contributed by atoms with E-state index in [4.69, 9.17) is 11.6 Å². The number of hydrogen-bond acceptors (Lipinski definition) is 2. The Bertz CT molecular complexity index is 292. The van der Waals surface area contributed by atoms with Crippen LogP contribution in [0.1, 0.15) is 25.5 Å². The summed E-state index contributed by atoms with van der Waals surface area (Å²) in [6.45, 7) is 4.61. The van der Waals surface area contributed by atoms with Gasteiger partial charge in [-0.1, -0.05) is 43.6 Å². The van der Waals surface area contributed by atoms with E-state index in [1.807, 2.05) is 32.0 Å². The Morgan fingerprint density at radius 2 is 1.93 bits per heavy atom.